The van der Waals surface area contributed by atoms with Gasteiger partial charge in [0.1, 0.15) is 10.3 Å². The van der Waals surface area contributed by atoms with E-state index in [1.807, 2.05) is 35.2 Å². The zero-order valence-electron chi connectivity index (χ0n) is 16.4. The second-order valence-electron chi connectivity index (χ2n) is 7.57. The second-order valence-corrected chi connectivity index (χ2v) is 10.7. The molecule has 0 N–H and O–H groups in total. The largest absolute Gasteiger partial charge is 0.341 e. The Morgan fingerprint density at radius 1 is 0.862 bits per heavy atom. The zero-order valence-corrected chi connectivity index (χ0v) is 18.1. The molecule has 6 nitrogen and oxygen atoms in total. The van der Waals surface area contributed by atoms with E-state index in [2.05, 4.69) is 4.90 Å². The van der Waals surface area contributed by atoms with Gasteiger partial charge in [0.15, 0.2) is 0 Å². The zero-order chi connectivity index (χ0) is 20.3. The van der Waals surface area contributed by atoms with Crippen LogP contribution in [0.25, 0.3) is 0 Å². The Hall–Kier alpha value is -1.74. The van der Waals surface area contributed by atoms with Crippen molar-refractivity contribution in [2.75, 3.05) is 39.3 Å². The summed E-state index contributed by atoms with van der Waals surface area (Å²) in [6, 6.07) is 12.9. The van der Waals surface area contributed by atoms with Gasteiger partial charge >= 0.3 is 0 Å². The fourth-order valence-corrected chi connectivity index (χ4v) is 6.74. The molecule has 2 aliphatic heterocycles. The maximum atomic E-state index is 13.4. The monoisotopic (exact) mass is 433 g/mol. The smallest absolute Gasteiger partial charge is 0.252 e. The summed E-state index contributed by atoms with van der Waals surface area (Å²) in [5, 5.41) is 1.78. The standard InChI is InChI=1S/C21H27N3O3S2/c25-21(23-11-5-2-6-12-23)20(18-8-3-1-4-9-18)22-13-15-24(16-14-22)29(26,27)19-10-7-17-28-19/h1,3-4,7-10,17,20H,2,5-6,11-16H2/t20-/m0/s1. The number of carbonyl (C=O) groups excluding carboxylic acids is 1. The average molecular weight is 434 g/mol. The van der Waals surface area contributed by atoms with Crippen LogP contribution in [0, 0.1) is 0 Å². The molecule has 2 aliphatic rings. The summed E-state index contributed by atoms with van der Waals surface area (Å²) < 4.78 is 27.6. The van der Waals surface area contributed by atoms with Crippen molar-refractivity contribution in [3.63, 3.8) is 0 Å². The maximum Gasteiger partial charge on any atom is 0.252 e. The van der Waals surface area contributed by atoms with Crippen molar-refractivity contribution in [3.8, 4) is 0 Å². The Bertz CT molecular complexity index is 902. The third-order valence-corrected chi connectivity index (χ3v) is 9.02. The number of carbonyl (C=O) groups is 1. The fraction of sp³-hybridized carbons (Fsp3) is 0.476. The van der Waals surface area contributed by atoms with E-state index in [0.717, 1.165) is 31.5 Å². The predicted molar refractivity (Wildman–Crippen MR) is 114 cm³/mol. The van der Waals surface area contributed by atoms with Gasteiger partial charge in [-0.05, 0) is 36.3 Å². The summed E-state index contributed by atoms with van der Waals surface area (Å²) in [4.78, 5) is 17.5. The molecule has 3 heterocycles. The van der Waals surface area contributed by atoms with Crippen LogP contribution in [0.4, 0.5) is 0 Å². The van der Waals surface area contributed by atoms with Crippen LogP contribution in [0.2, 0.25) is 0 Å². The van der Waals surface area contributed by atoms with Crippen LogP contribution in [0.1, 0.15) is 30.9 Å². The molecule has 29 heavy (non-hydrogen) atoms. The van der Waals surface area contributed by atoms with Crippen molar-refractivity contribution < 1.29 is 13.2 Å². The van der Waals surface area contributed by atoms with Crippen molar-refractivity contribution >= 4 is 27.3 Å². The van der Waals surface area contributed by atoms with Gasteiger partial charge in [0.2, 0.25) is 5.91 Å². The predicted octanol–water partition coefficient (Wildman–Crippen LogP) is 2.81. The van der Waals surface area contributed by atoms with E-state index in [9.17, 15) is 13.2 Å². The highest BCUT2D eigenvalue weighted by molar-refractivity contribution is 7.91. The summed E-state index contributed by atoms with van der Waals surface area (Å²) >= 11 is 1.25. The maximum absolute atomic E-state index is 13.4. The number of hydrogen-bond donors (Lipinski definition) is 0. The first-order chi connectivity index (χ1) is 14.1. The SMILES string of the molecule is O=C([C@H](c1ccccc1)N1CCN(S(=O)(=O)c2cccs2)CC1)N1CCCCC1. The third-order valence-electron chi connectivity index (χ3n) is 5.74. The van der Waals surface area contributed by atoms with E-state index in [1.165, 1.54) is 17.8 Å². The van der Waals surface area contributed by atoms with Crippen LogP contribution >= 0.6 is 11.3 Å². The van der Waals surface area contributed by atoms with Crippen LogP contribution in [-0.2, 0) is 14.8 Å². The highest BCUT2D eigenvalue weighted by atomic mass is 32.2. The lowest BCUT2D eigenvalue weighted by molar-refractivity contribution is -0.138. The van der Waals surface area contributed by atoms with Gasteiger partial charge in [-0.2, -0.15) is 4.31 Å². The summed E-state index contributed by atoms with van der Waals surface area (Å²) in [6.07, 6.45) is 3.29. The summed E-state index contributed by atoms with van der Waals surface area (Å²) in [5.41, 5.74) is 0.984. The summed E-state index contributed by atoms with van der Waals surface area (Å²) in [5.74, 6) is 0.144. The molecule has 1 atom stereocenters. The molecular formula is C21H27N3O3S2. The normalized spacial score (nSPS) is 20.5. The number of piperidine rings is 1. The van der Waals surface area contributed by atoms with Gasteiger partial charge in [0.05, 0.1) is 0 Å². The Morgan fingerprint density at radius 2 is 1.55 bits per heavy atom. The van der Waals surface area contributed by atoms with Crippen molar-refractivity contribution in [3.05, 3.63) is 53.4 Å². The molecule has 0 bridgehead atoms. The van der Waals surface area contributed by atoms with Crippen molar-refractivity contribution in [2.45, 2.75) is 29.5 Å². The number of rotatable bonds is 5. The number of hydrogen-bond acceptors (Lipinski definition) is 5. The average Bonchev–Trinajstić information content (AvgIpc) is 3.32. The number of sulfonamides is 1. The number of likely N-dealkylation sites (tertiary alicyclic amines) is 1. The molecule has 8 heteroatoms. The molecule has 1 amide bonds. The quantitative estimate of drug-likeness (QED) is 0.728. The number of piperazine rings is 1. The number of amides is 1. The fourth-order valence-electron chi connectivity index (χ4n) is 4.17. The Kier molecular flexibility index (Phi) is 6.34. The van der Waals surface area contributed by atoms with Crippen LogP contribution in [0.15, 0.2) is 52.1 Å². The van der Waals surface area contributed by atoms with Crippen LogP contribution in [0.3, 0.4) is 0 Å². The Morgan fingerprint density at radius 3 is 2.17 bits per heavy atom. The number of benzene rings is 1. The molecule has 0 spiro atoms. The topological polar surface area (TPSA) is 60.9 Å². The first-order valence-electron chi connectivity index (χ1n) is 10.2. The molecule has 1 aromatic heterocycles. The highest BCUT2D eigenvalue weighted by Crippen LogP contribution is 2.28. The minimum absolute atomic E-state index is 0.144. The first-order valence-corrected chi connectivity index (χ1v) is 12.5. The molecule has 2 fully saturated rings. The van der Waals surface area contributed by atoms with E-state index < -0.39 is 10.0 Å². The minimum Gasteiger partial charge on any atom is -0.341 e. The molecular weight excluding hydrogens is 406 g/mol. The molecule has 1 aromatic carbocycles. The van der Waals surface area contributed by atoms with Gasteiger partial charge in [-0.25, -0.2) is 8.42 Å². The molecule has 0 unspecified atom stereocenters. The number of thiophene rings is 1. The highest BCUT2D eigenvalue weighted by Gasteiger charge is 2.36. The lowest BCUT2D eigenvalue weighted by Gasteiger charge is -2.40. The lowest BCUT2D eigenvalue weighted by Crippen LogP contribution is -2.53. The van der Waals surface area contributed by atoms with Gasteiger partial charge in [-0.15, -0.1) is 11.3 Å². The van der Waals surface area contributed by atoms with E-state index >= 15 is 0 Å². The van der Waals surface area contributed by atoms with E-state index in [0.29, 0.717) is 30.4 Å². The van der Waals surface area contributed by atoms with E-state index in [1.54, 1.807) is 21.8 Å². The van der Waals surface area contributed by atoms with Crippen molar-refractivity contribution in [2.24, 2.45) is 0 Å². The molecule has 4 rings (SSSR count). The molecule has 0 aliphatic carbocycles. The van der Waals surface area contributed by atoms with Crippen molar-refractivity contribution in [1.29, 1.82) is 0 Å². The Balaban J connectivity index is 1.51. The van der Waals surface area contributed by atoms with Gasteiger partial charge in [0, 0.05) is 39.3 Å². The minimum atomic E-state index is -3.44. The van der Waals surface area contributed by atoms with Crippen LogP contribution in [-0.4, -0.2) is 67.7 Å². The van der Waals surface area contributed by atoms with E-state index in [4.69, 9.17) is 0 Å². The first kappa shape index (κ1) is 20.5. The Labute approximate surface area is 176 Å². The van der Waals surface area contributed by atoms with Gasteiger partial charge in [0.25, 0.3) is 10.0 Å². The van der Waals surface area contributed by atoms with Gasteiger partial charge < -0.3 is 4.90 Å². The molecule has 0 saturated carbocycles. The van der Waals surface area contributed by atoms with Gasteiger partial charge in [-0.1, -0.05) is 36.4 Å². The second kappa shape index (κ2) is 8.95. The van der Waals surface area contributed by atoms with Crippen LogP contribution < -0.4 is 0 Å². The summed E-state index contributed by atoms with van der Waals surface area (Å²) in [6.45, 7) is 3.52. The van der Waals surface area contributed by atoms with Gasteiger partial charge in [-0.3, -0.25) is 9.69 Å². The summed E-state index contributed by atoms with van der Waals surface area (Å²) in [7, 11) is -3.44. The third kappa shape index (κ3) is 4.40. The number of nitrogens with zero attached hydrogens (tertiary/aromatic N) is 3. The molecule has 2 aromatic rings. The van der Waals surface area contributed by atoms with Crippen LogP contribution in [0.5, 0.6) is 0 Å². The lowest BCUT2D eigenvalue weighted by atomic mass is 10.0. The molecule has 0 radical (unpaired) electrons. The molecule has 2 saturated heterocycles. The van der Waals surface area contributed by atoms with Crippen molar-refractivity contribution in [1.82, 2.24) is 14.1 Å². The van der Waals surface area contributed by atoms with E-state index in [-0.39, 0.29) is 11.9 Å². The molecule has 156 valence electrons.